The lowest BCUT2D eigenvalue weighted by Gasteiger charge is -2.25. The third-order valence-electron chi connectivity index (χ3n) is 2.31. The van der Waals surface area contributed by atoms with Crippen LogP contribution >= 0.6 is 12.0 Å². The normalized spacial score (nSPS) is 14.7. The van der Waals surface area contributed by atoms with Gasteiger partial charge in [-0.3, -0.25) is 0 Å². The standard InChI is InChI=1S/C10H9F5O6S2/c1-6-2-4-7(5-3-6)23(17,18)19-8(9(11,12)13)10(14,15)22-21-20-16/h2-5,8,16H,1H3. The average Bonchev–Trinajstić information content (AvgIpc) is 2.42. The van der Waals surface area contributed by atoms with E-state index >= 15 is 0 Å². The Labute approximate surface area is 131 Å². The highest BCUT2D eigenvalue weighted by atomic mass is 32.2. The Morgan fingerprint density at radius 3 is 2.09 bits per heavy atom. The molecule has 13 heteroatoms. The molecule has 6 nitrogen and oxygen atoms in total. The summed E-state index contributed by atoms with van der Waals surface area (Å²) in [5, 5.41) is 5.58. The van der Waals surface area contributed by atoms with Crippen LogP contribution in [0.3, 0.4) is 0 Å². The molecular formula is C10H9F5O6S2. The number of hydrogen-bond donors (Lipinski definition) is 1. The van der Waals surface area contributed by atoms with Gasteiger partial charge in [-0.2, -0.15) is 30.4 Å². The van der Waals surface area contributed by atoms with E-state index in [1.54, 1.807) is 6.92 Å². The zero-order chi connectivity index (χ0) is 17.9. The van der Waals surface area contributed by atoms with Crippen LogP contribution in [0.1, 0.15) is 5.56 Å². The van der Waals surface area contributed by atoms with Gasteiger partial charge in [-0.1, -0.05) is 22.7 Å². The molecule has 0 fully saturated rings. The Balaban J connectivity index is 3.13. The van der Waals surface area contributed by atoms with Crippen molar-refractivity contribution in [3.8, 4) is 0 Å². The van der Waals surface area contributed by atoms with Gasteiger partial charge in [0.05, 0.1) is 4.90 Å². The summed E-state index contributed by atoms with van der Waals surface area (Å²) in [6.07, 6.45) is -9.82. The van der Waals surface area contributed by atoms with E-state index in [9.17, 15) is 30.4 Å². The Morgan fingerprint density at radius 2 is 1.65 bits per heavy atom. The summed E-state index contributed by atoms with van der Waals surface area (Å²) in [4.78, 5) is -0.738. The number of halogens is 5. The van der Waals surface area contributed by atoms with E-state index in [1.165, 1.54) is 12.1 Å². The maximum atomic E-state index is 13.4. The van der Waals surface area contributed by atoms with Gasteiger partial charge in [-0.25, -0.2) is 9.44 Å². The van der Waals surface area contributed by atoms with E-state index in [-0.39, 0.29) is 0 Å². The van der Waals surface area contributed by atoms with E-state index < -0.39 is 44.6 Å². The van der Waals surface area contributed by atoms with Gasteiger partial charge in [-0.15, -0.1) is 4.33 Å². The maximum absolute atomic E-state index is 13.4. The molecule has 1 aromatic rings. The van der Waals surface area contributed by atoms with Gasteiger partial charge in [0.25, 0.3) is 10.1 Å². The van der Waals surface area contributed by atoms with Crippen LogP contribution < -0.4 is 0 Å². The third-order valence-corrected chi connectivity index (χ3v) is 4.17. The van der Waals surface area contributed by atoms with Gasteiger partial charge in [-0.05, 0) is 19.1 Å². The monoisotopic (exact) mass is 384 g/mol. The summed E-state index contributed by atoms with van der Waals surface area (Å²) in [6, 6.07) is 4.29. The van der Waals surface area contributed by atoms with Crippen LogP contribution in [0, 0.1) is 6.92 Å². The molecule has 23 heavy (non-hydrogen) atoms. The van der Waals surface area contributed by atoms with Crippen molar-refractivity contribution < 1.29 is 49.2 Å². The van der Waals surface area contributed by atoms with E-state index in [1.807, 2.05) is 0 Å². The highest BCUT2D eigenvalue weighted by molar-refractivity contribution is 7.95. The quantitative estimate of drug-likeness (QED) is 0.254. The summed E-state index contributed by atoms with van der Waals surface area (Å²) in [6.45, 7) is 1.58. The second kappa shape index (κ2) is 7.27. The molecule has 0 aromatic heterocycles. The van der Waals surface area contributed by atoms with Crippen LogP contribution in [0.15, 0.2) is 29.2 Å². The molecule has 1 N–H and O–H groups in total. The third kappa shape index (κ3) is 5.54. The average molecular weight is 384 g/mol. The number of hydrogen-bond acceptors (Lipinski definition) is 7. The summed E-state index contributed by atoms with van der Waals surface area (Å²) < 4.78 is 95.3. The minimum Gasteiger partial charge on any atom is -0.246 e. The molecule has 1 unspecified atom stereocenters. The maximum Gasteiger partial charge on any atom is 0.423 e. The topological polar surface area (TPSA) is 82.1 Å². The molecule has 0 aliphatic rings. The first-order valence-electron chi connectivity index (χ1n) is 5.50. The largest absolute Gasteiger partial charge is 0.423 e. The van der Waals surface area contributed by atoms with E-state index in [2.05, 4.69) is 13.6 Å². The first-order valence-corrected chi connectivity index (χ1v) is 7.65. The van der Waals surface area contributed by atoms with E-state index in [0.29, 0.717) is 5.56 Å². The summed E-state index contributed by atoms with van der Waals surface area (Å²) in [5.41, 5.74) is 0.589. The van der Waals surface area contributed by atoms with Crippen molar-refractivity contribution in [1.82, 2.24) is 0 Å². The highest BCUT2D eigenvalue weighted by Gasteiger charge is 2.61. The van der Waals surface area contributed by atoms with Crippen molar-refractivity contribution in [3.05, 3.63) is 29.8 Å². The molecule has 0 aliphatic heterocycles. The number of alkyl halides is 5. The fourth-order valence-electron chi connectivity index (χ4n) is 1.29. The van der Waals surface area contributed by atoms with Crippen LogP contribution in [-0.2, 0) is 23.7 Å². The molecule has 0 spiro atoms. The first kappa shape index (κ1) is 20.1. The van der Waals surface area contributed by atoms with Crippen LogP contribution in [0.4, 0.5) is 22.0 Å². The fraction of sp³-hybridized carbons (Fsp3) is 0.400. The first-order chi connectivity index (χ1) is 10.4. The Bertz CT molecular complexity index is 616. The van der Waals surface area contributed by atoms with Gasteiger partial charge in [0.15, 0.2) is 0 Å². The van der Waals surface area contributed by atoms with Crippen LogP contribution in [-0.4, -0.2) is 31.2 Å². The Kier molecular flexibility index (Phi) is 6.34. The van der Waals surface area contributed by atoms with E-state index in [4.69, 9.17) is 5.26 Å². The zero-order valence-electron chi connectivity index (χ0n) is 11.1. The van der Waals surface area contributed by atoms with Crippen LogP contribution in [0.2, 0.25) is 0 Å². The molecule has 1 rings (SSSR count). The van der Waals surface area contributed by atoms with Crippen molar-refractivity contribution in [1.29, 1.82) is 0 Å². The second-order valence-electron chi connectivity index (χ2n) is 4.07. The minimum absolute atomic E-state index is 0.589. The fourth-order valence-corrected chi connectivity index (χ4v) is 2.81. The molecule has 132 valence electrons. The predicted molar refractivity (Wildman–Crippen MR) is 66.6 cm³/mol. The highest BCUT2D eigenvalue weighted by Crippen LogP contribution is 2.43. The molecule has 0 bridgehead atoms. The van der Waals surface area contributed by atoms with Crippen molar-refractivity contribution in [2.75, 3.05) is 0 Å². The van der Waals surface area contributed by atoms with Gasteiger partial charge in [0.1, 0.15) is 12.0 Å². The number of aryl methyl sites for hydroxylation is 1. The van der Waals surface area contributed by atoms with Crippen LogP contribution in [0.25, 0.3) is 0 Å². The molecule has 0 heterocycles. The molecule has 0 saturated heterocycles. The molecule has 0 radical (unpaired) electrons. The van der Waals surface area contributed by atoms with Gasteiger partial charge >= 0.3 is 11.4 Å². The smallest absolute Gasteiger partial charge is 0.246 e. The molecule has 1 aromatic carbocycles. The molecule has 0 amide bonds. The van der Waals surface area contributed by atoms with Crippen molar-refractivity contribution >= 4 is 22.2 Å². The summed E-state index contributed by atoms with van der Waals surface area (Å²) >= 11 is -1.26. The lowest BCUT2D eigenvalue weighted by Crippen LogP contribution is -2.46. The molecular weight excluding hydrogens is 375 g/mol. The number of benzene rings is 1. The van der Waals surface area contributed by atoms with E-state index in [0.717, 1.165) is 12.1 Å². The SMILES string of the molecule is Cc1ccc(S(=O)(=O)OC(C(F)(F)F)C(F)(F)SOOO)cc1. The van der Waals surface area contributed by atoms with Crippen molar-refractivity contribution in [3.63, 3.8) is 0 Å². The molecule has 0 saturated carbocycles. The van der Waals surface area contributed by atoms with Crippen molar-refractivity contribution in [2.24, 2.45) is 0 Å². The lowest BCUT2D eigenvalue weighted by molar-refractivity contribution is -0.434. The van der Waals surface area contributed by atoms with Gasteiger partial charge in [0, 0.05) is 0 Å². The van der Waals surface area contributed by atoms with Gasteiger partial charge < -0.3 is 0 Å². The summed E-state index contributed by atoms with van der Waals surface area (Å²) in [7, 11) is -5.14. The molecule has 1 atom stereocenters. The Morgan fingerprint density at radius 1 is 1.13 bits per heavy atom. The predicted octanol–water partition coefficient (Wildman–Crippen LogP) is 3.29. The second-order valence-corrected chi connectivity index (χ2v) is 6.49. The zero-order valence-corrected chi connectivity index (χ0v) is 12.7. The van der Waals surface area contributed by atoms with Gasteiger partial charge in [0.2, 0.25) is 6.10 Å². The number of rotatable bonds is 7. The summed E-state index contributed by atoms with van der Waals surface area (Å²) in [5.74, 6) is 0. The Hall–Kier alpha value is -0.990. The molecule has 0 aliphatic carbocycles. The van der Waals surface area contributed by atoms with Crippen LogP contribution in [0.5, 0.6) is 0 Å². The minimum atomic E-state index is -5.76. The lowest BCUT2D eigenvalue weighted by atomic mass is 10.2. The van der Waals surface area contributed by atoms with Crippen molar-refractivity contribution in [2.45, 2.75) is 29.4 Å².